The van der Waals surface area contributed by atoms with E-state index in [2.05, 4.69) is 25.3 Å². The molecule has 1 saturated carbocycles. The third kappa shape index (κ3) is 4.64. The largest absolute Gasteiger partial charge is 0.508 e. The van der Waals surface area contributed by atoms with E-state index < -0.39 is 11.0 Å². The van der Waals surface area contributed by atoms with E-state index in [4.69, 9.17) is 0 Å². The number of phenolic OH excluding ortho intramolecular Hbond substituents is 1. The summed E-state index contributed by atoms with van der Waals surface area (Å²) in [5.41, 5.74) is 0.210. The summed E-state index contributed by atoms with van der Waals surface area (Å²) in [5, 5.41) is 22.5. The van der Waals surface area contributed by atoms with Gasteiger partial charge in [-0.25, -0.2) is 0 Å². The van der Waals surface area contributed by atoms with Crippen molar-refractivity contribution in [2.24, 2.45) is 5.92 Å². The molecule has 1 heterocycles. The SMILES string of the molecule is C=CCN1CCC2(c3cccc(O)c3)C[C@H](N(CC(C)C)C(=O)c3ccccc3)CCC2(O)C1. The number of nitrogens with zero attached hydrogens (tertiary/aromatic N) is 2. The Labute approximate surface area is 203 Å². The number of amides is 1. The van der Waals surface area contributed by atoms with Crippen molar-refractivity contribution in [2.75, 3.05) is 26.2 Å². The Morgan fingerprint density at radius 3 is 2.65 bits per heavy atom. The van der Waals surface area contributed by atoms with Crippen molar-refractivity contribution < 1.29 is 15.0 Å². The lowest BCUT2D eigenvalue weighted by atomic mass is 9.55. The lowest BCUT2D eigenvalue weighted by Crippen LogP contribution is -2.67. The van der Waals surface area contributed by atoms with Gasteiger partial charge in [-0.3, -0.25) is 9.69 Å². The summed E-state index contributed by atoms with van der Waals surface area (Å²) in [6, 6.07) is 16.9. The molecule has 5 nitrogen and oxygen atoms in total. The van der Waals surface area contributed by atoms with Crippen molar-refractivity contribution in [3.8, 4) is 5.75 Å². The van der Waals surface area contributed by atoms with Gasteiger partial charge in [0, 0.05) is 36.7 Å². The summed E-state index contributed by atoms with van der Waals surface area (Å²) in [5.74, 6) is 0.601. The van der Waals surface area contributed by atoms with Crippen molar-refractivity contribution >= 4 is 5.91 Å². The summed E-state index contributed by atoms with van der Waals surface area (Å²) < 4.78 is 0. The predicted octanol–water partition coefficient (Wildman–Crippen LogP) is 4.60. The van der Waals surface area contributed by atoms with Gasteiger partial charge in [0.1, 0.15) is 5.75 Å². The summed E-state index contributed by atoms with van der Waals surface area (Å²) >= 11 is 0. The first kappa shape index (κ1) is 24.5. The van der Waals surface area contributed by atoms with E-state index in [1.165, 1.54) is 0 Å². The number of aromatic hydroxyl groups is 1. The maximum atomic E-state index is 13.7. The highest BCUT2D eigenvalue weighted by Gasteiger charge is 2.58. The first-order valence-electron chi connectivity index (χ1n) is 12.5. The molecule has 3 atom stereocenters. The minimum absolute atomic E-state index is 0.0173. The second-order valence-electron chi connectivity index (χ2n) is 10.6. The Morgan fingerprint density at radius 2 is 1.97 bits per heavy atom. The third-order valence-corrected chi connectivity index (χ3v) is 7.78. The highest BCUT2D eigenvalue weighted by atomic mass is 16.3. The van der Waals surface area contributed by atoms with Crippen LogP contribution in [0.5, 0.6) is 5.75 Å². The number of aliphatic hydroxyl groups is 1. The lowest BCUT2D eigenvalue weighted by Gasteiger charge is -2.59. The molecular weight excluding hydrogens is 424 g/mol. The number of hydrogen-bond acceptors (Lipinski definition) is 4. The molecule has 2 aromatic rings. The average Bonchev–Trinajstić information content (AvgIpc) is 2.82. The van der Waals surface area contributed by atoms with Crippen LogP contribution in [0.2, 0.25) is 0 Å². The van der Waals surface area contributed by atoms with Gasteiger partial charge >= 0.3 is 0 Å². The van der Waals surface area contributed by atoms with Crippen LogP contribution in [-0.2, 0) is 5.41 Å². The average molecular weight is 463 g/mol. The van der Waals surface area contributed by atoms with Gasteiger partial charge in [0.25, 0.3) is 5.91 Å². The van der Waals surface area contributed by atoms with Gasteiger partial charge in [-0.1, -0.05) is 50.3 Å². The van der Waals surface area contributed by atoms with Crippen LogP contribution in [0, 0.1) is 5.92 Å². The second-order valence-corrected chi connectivity index (χ2v) is 10.6. The Bertz CT molecular complexity index is 1010. The minimum atomic E-state index is -0.933. The summed E-state index contributed by atoms with van der Waals surface area (Å²) in [7, 11) is 0. The Morgan fingerprint density at radius 1 is 1.21 bits per heavy atom. The lowest BCUT2D eigenvalue weighted by molar-refractivity contribution is -0.131. The Hall–Kier alpha value is -2.63. The van der Waals surface area contributed by atoms with Gasteiger partial charge < -0.3 is 15.1 Å². The molecular formula is C29H38N2O3. The first-order chi connectivity index (χ1) is 16.3. The smallest absolute Gasteiger partial charge is 0.254 e. The molecule has 2 fully saturated rings. The Balaban J connectivity index is 1.73. The number of hydrogen-bond donors (Lipinski definition) is 2. The molecule has 5 heteroatoms. The molecule has 34 heavy (non-hydrogen) atoms. The van der Waals surface area contributed by atoms with Gasteiger partial charge in [-0.15, -0.1) is 6.58 Å². The fraction of sp³-hybridized carbons (Fsp3) is 0.483. The molecule has 2 aliphatic rings. The molecule has 1 aliphatic heterocycles. The van der Waals surface area contributed by atoms with Crippen molar-refractivity contribution in [3.05, 3.63) is 78.4 Å². The van der Waals surface area contributed by atoms with Crippen LogP contribution >= 0.6 is 0 Å². The van der Waals surface area contributed by atoms with Gasteiger partial charge in [0.05, 0.1) is 5.60 Å². The number of likely N-dealkylation sites (tertiary alicyclic amines) is 1. The first-order valence-corrected chi connectivity index (χ1v) is 12.5. The van der Waals surface area contributed by atoms with E-state index in [0.717, 1.165) is 31.5 Å². The summed E-state index contributed by atoms with van der Waals surface area (Å²) in [6.07, 6.45) is 4.70. The quantitative estimate of drug-likeness (QED) is 0.590. The molecule has 1 amide bonds. The monoisotopic (exact) mass is 462 g/mol. The third-order valence-electron chi connectivity index (χ3n) is 7.78. The van der Waals surface area contributed by atoms with Gasteiger partial charge in [0.15, 0.2) is 0 Å². The molecule has 2 N–H and O–H groups in total. The van der Waals surface area contributed by atoms with Gasteiger partial charge in [0.2, 0.25) is 0 Å². The van der Waals surface area contributed by atoms with Crippen LogP contribution in [0.25, 0.3) is 0 Å². The number of fused-ring (bicyclic) bond motifs is 1. The maximum absolute atomic E-state index is 13.7. The topological polar surface area (TPSA) is 64.0 Å². The van der Waals surface area contributed by atoms with E-state index in [0.29, 0.717) is 37.4 Å². The molecule has 2 aromatic carbocycles. The van der Waals surface area contributed by atoms with Crippen LogP contribution < -0.4 is 0 Å². The summed E-state index contributed by atoms with van der Waals surface area (Å²) in [4.78, 5) is 18.0. The van der Waals surface area contributed by atoms with E-state index in [1.54, 1.807) is 6.07 Å². The van der Waals surface area contributed by atoms with Crippen molar-refractivity contribution in [2.45, 2.75) is 56.6 Å². The maximum Gasteiger partial charge on any atom is 0.254 e. The molecule has 4 rings (SSSR count). The van der Waals surface area contributed by atoms with Crippen LogP contribution in [-0.4, -0.2) is 63.7 Å². The molecule has 0 radical (unpaired) electrons. The van der Waals surface area contributed by atoms with Crippen molar-refractivity contribution in [3.63, 3.8) is 0 Å². The van der Waals surface area contributed by atoms with Gasteiger partial charge in [-0.2, -0.15) is 0 Å². The minimum Gasteiger partial charge on any atom is -0.508 e. The predicted molar refractivity (Wildman–Crippen MR) is 136 cm³/mol. The number of piperidine rings is 1. The highest BCUT2D eigenvalue weighted by molar-refractivity contribution is 5.94. The highest BCUT2D eigenvalue weighted by Crippen LogP contribution is 2.53. The van der Waals surface area contributed by atoms with E-state index in [9.17, 15) is 15.0 Å². The van der Waals surface area contributed by atoms with Crippen LogP contribution in [0.4, 0.5) is 0 Å². The Kier molecular flexibility index (Phi) is 7.15. The number of carbonyl (C=O) groups excluding carboxylic acids is 1. The van der Waals surface area contributed by atoms with E-state index >= 15 is 0 Å². The van der Waals surface area contributed by atoms with Crippen molar-refractivity contribution in [1.82, 2.24) is 9.80 Å². The van der Waals surface area contributed by atoms with Crippen LogP contribution in [0.1, 0.15) is 55.5 Å². The zero-order valence-electron chi connectivity index (χ0n) is 20.5. The zero-order chi connectivity index (χ0) is 24.3. The molecule has 182 valence electrons. The van der Waals surface area contributed by atoms with Gasteiger partial charge in [-0.05, 0) is 68.0 Å². The van der Waals surface area contributed by atoms with Crippen LogP contribution in [0.15, 0.2) is 67.3 Å². The molecule has 0 bridgehead atoms. The van der Waals surface area contributed by atoms with Crippen molar-refractivity contribution in [1.29, 1.82) is 0 Å². The standard InChI is InChI=1S/C29H38N2O3/c1-4-16-30-17-15-28(24-11-8-12-26(32)18-24)19-25(13-14-29(28,34)21-30)31(20-22(2)3)27(33)23-9-6-5-7-10-23/h4-12,18,22,25,32,34H,1,13-17,19-21H2,2-3H3/t25-,28?,29?/m1/s1. The molecule has 0 spiro atoms. The fourth-order valence-corrected chi connectivity index (χ4v) is 6.18. The number of rotatable bonds is 7. The molecule has 1 saturated heterocycles. The van der Waals surface area contributed by atoms with E-state index in [-0.39, 0.29) is 17.7 Å². The van der Waals surface area contributed by atoms with Crippen LogP contribution in [0.3, 0.4) is 0 Å². The number of β-amino-alcohol motifs (C(OH)–C–C–N with tert-alkyl or cyclic N) is 1. The normalized spacial score (nSPS) is 27.2. The number of benzene rings is 2. The fourth-order valence-electron chi connectivity index (χ4n) is 6.18. The molecule has 1 aliphatic carbocycles. The molecule has 2 unspecified atom stereocenters. The zero-order valence-corrected chi connectivity index (χ0v) is 20.5. The molecule has 0 aromatic heterocycles. The summed E-state index contributed by atoms with van der Waals surface area (Å²) in [6.45, 7) is 11.0. The number of phenols is 1. The second kappa shape index (κ2) is 9.93. The number of carbonyl (C=O) groups is 1. The van der Waals surface area contributed by atoms with E-state index in [1.807, 2.05) is 59.5 Å².